The van der Waals surface area contributed by atoms with E-state index >= 15 is 0 Å². The zero-order chi connectivity index (χ0) is 23.0. The van der Waals surface area contributed by atoms with Gasteiger partial charge in [-0.3, -0.25) is 0 Å². The number of imidazole rings is 1. The third-order valence-corrected chi connectivity index (χ3v) is 5.32. The van der Waals surface area contributed by atoms with Crippen molar-refractivity contribution in [2.75, 3.05) is 25.5 Å². The second kappa shape index (κ2) is 8.29. The fourth-order valence-electron chi connectivity index (χ4n) is 3.65. The SMILES string of the molecule is COc1cc2ncc(-c3nc(N[C@@H]4CNCC[C@H]4F)c(C#N)cc3F)n2nc1C(C)(C)O. The van der Waals surface area contributed by atoms with Crippen molar-refractivity contribution >= 4 is 11.5 Å². The van der Waals surface area contributed by atoms with Crippen LogP contribution in [0.3, 0.4) is 0 Å². The van der Waals surface area contributed by atoms with Crippen LogP contribution < -0.4 is 15.4 Å². The van der Waals surface area contributed by atoms with Gasteiger partial charge in [-0.2, -0.15) is 10.4 Å². The van der Waals surface area contributed by atoms with Gasteiger partial charge in [0.1, 0.15) is 46.5 Å². The Morgan fingerprint density at radius 2 is 2.19 bits per heavy atom. The lowest BCUT2D eigenvalue weighted by Crippen LogP contribution is -2.46. The molecule has 0 aromatic carbocycles. The summed E-state index contributed by atoms with van der Waals surface area (Å²) in [6.45, 7) is 4.02. The molecule has 0 bridgehead atoms. The summed E-state index contributed by atoms with van der Waals surface area (Å²) in [4.78, 5) is 8.55. The first kappa shape index (κ1) is 21.9. The van der Waals surface area contributed by atoms with Gasteiger partial charge in [0.05, 0.1) is 24.9 Å². The maximum absolute atomic E-state index is 15.0. The maximum atomic E-state index is 15.0. The third-order valence-electron chi connectivity index (χ3n) is 5.32. The Morgan fingerprint density at radius 1 is 1.41 bits per heavy atom. The molecule has 1 aliphatic heterocycles. The number of pyridine rings is 1. The van der Waals surface area contributed by atoms with Gasteiger partial charge in [0.25, 0.3) is 0 Å². The van der Waals surface area contributed by atoms with Crippen LogP contribution in [-0.2, 0) is 5.60 Å². The van der Waals surface area contributed by atoms with Gasteiger partial charge < -0.3 is 20.5 Å². The van der Waals surface area contributed by atoms with E-state index in [4.69, 9.17) is 4.74 Å². The van der Waals surface area contributed by atoms with E-state index in [0.29, 0.717) is 30.9 Å². The smallest absolute Gasteiger partial charge is 0.157 e. The van der Waals surface area contributed by atoms with Crippen LogP contribution in [-0.4, -0.2) is 57.1 Å². The molecule has 4 rings (SSSR count). The topological polar surface area (TPSA) is 120 Å². The first-order valence-corrected chi connectivity index (χ1v) is 10.1. The molecule has 0 amide bonds. The number of rotatable bonds is 5. The number of anilines is 1. The number of halogens is 2. The lowest BCUT2D eigenvalue weighted by Gasteiger charge is -2.28. The van der Waals surface area contributed by atoms with Crippen LogP contribution in [0.15, 0.2) is 18.3 Å². The largest absolute Gasteiger partial charge is 0.495 e. The summed E-state index contributed by atoms with van der Waals surface area (Å²) in [6.07, 6.45) is 0.584. The van der Waals surface area contributed by atoms with Crippen molar-refractivity contribution in [3.63, 3.8) is 0 Å². The number of aliphatic hydroxyl groups is 1. The summed E-state index contributed by atoms with van der Waals surface area (Å²) >= 11 is 0. The predicted octanol–water partition coefficient (Wildman–Crippen LogP) is 2.15. The van der Waals surface area contributed by atoms with Gasteiger partial charge in [-0.1, -0.05) is 0 Å². The maximum Gasteiger partial charge on any atom is 0.157 e. The van der Waals surface area contributed by atoms with E-state index < -0.39 is 23.6 Å². The number of methoxy groups -OCH3 is 1. The third kappa shape index (κ3) is 3.94. The Kier molecular flexibility index (Phi) is 5.66. The molecule has 9 nitrogen and oxygen atoms in total. The standard InChI is InChI=1S/C21H23F2N7O2/c1-21(2,31)19-16(32-3)7-17-26-10-15(30(17)29-19)18-13(23)6-11(8-24)20(28-18)27-14-9-25-5-4-12(14)22/h6-7,10,12,14,25,31H,4-5,9H2,1-3H3,(H,27,28)/t12-,14-/m1/s1. The van der Waals surface area contributed by atoms with Crippen molar-refractivity contribution < 1.29 is 18.6 Å². The number of fused-ring (bicyclic) bond motifs is 1. The molecule has 0 spiro atoms. The molecule has 0 aliphatic carbocycles. The first-order valence-electron chi connectivity index (χ1n) is 10.1. The van der Waals surface area contributed by atoms with E-state index in [0.717, 1.165) is 6.07 Å². The van der Waals surface area contributed by atoms with Crippen LogP contribution in [0.2, 0.25) is 0 Å². The summed E-state index contributed by atoms with van der Waals surface area (Å²) < 4.78 is 35.9. The second-order valence-corrected chi connectivity index (χ2v) is 8.12. The fourth-order valence-corrected chi connectivity index (χ4v) is 3.65. The van der Waals surface area contributed by atoms with Crippen molar-refractivity contribution in [2.45, 2.75) is 38.1 Å². The molecule has 168 valence electrons. The van der Waals surface area contributed by atoms with Crippen LogP contribution >= 0.6 is 0 Å². The Balaban J connectivity index is 1.83. The van der Waals surface area contributed by atoms with E-state index in [1.807, 2.05) is 6.07 Å². The highest BCUT2D eigenvalue weighted by molar-refractivity contribution is 5.66. The molecule has 32 heavy (non-hydrogen) atoms. The van der Waals surface area contributed by atoms with Crippen LogP contribution in [0.5, 0.6) is 5.75 Å². The van der Waals surface area contributed by atoms with Crippen molar-refractivity contribution in [1.82, 2.24) is 24.9 Å². The number of nitrogens with zero attached hydrogens (tertiary/aromatic N) is 5. The van der Waals surface area contributed by atoms with Gasteiger partial charge in [0.15, 0.2) is 11.5 Å². The summed E-state index contributed by atoms with van der Waals surface area (Å²) in [6, 6.07) is 3.92. The van der Waals surface area contributed by atoms with Gasteiger partial charge in [0, 0.05) is 12.6 Å². The second-order valence-electron chi connectivity index (χ2n) is 8.12. The Hall–Kier alpha value is -3.36. The lowest BCUT2D eigenvalue weighted by molar-refractivity contribution is 0.0694. The van der Waals surface area contributed by atoms with E-state index in [1.165, 1.54) is 17.8 Å². The monoisotopic (exact) mass is 443 g/mol. The molecule has 11 heteroatoms. The quantitative estimate of drug-likeness (QED) is 0.549. The molecular weight excluding hydrogens is 420 g/mol. The molecule has 0 saturated carbocycles. The number of alkyl halides is 1. The number of hydrogen-bond donors (Lipinski definition) is 3. The van der Waals surface area contributed by atoms with Gasteiger partial charge in [-0.05, 0) is 32.9 Å². The average molecular weight is 443 g/mol. The molecule has 1 saturated heterocycles. The zero-order valence-electron chi connectivity index (χ0n) is 17.9. The molecule has 1 aliphatic rings. The molecule has 1 fully saturated rings. The Morgan fingerprint density at radius 3 is 2.84 bits per heavy atom. The highest BCUT2D eigenvalue weighted by Gasteiger charge is 2.28. The summed E-state index contributed by atoms with van der Waals surface area (Å²) in [5.74, 6) is -0.349. The molecular formula is C21H23F2N7O2. The number of ether oxygens (including phenoxy) is 1. The molecule has 0 unspecified atom stereocenters. The van der Waals surface area contributed by atoms with Crippen molar-refractivity contribution in [1.29, 1.82) is 5.26 Å². The minimum absolute atomic E-state index is 0.0374. The minimum Gasteiger partial charge on any atom is -0.495 e. The fraction of sp³-hybridized carbons (Fsp3) is 0.429. The van der Waals surface area contributed by atoms with Gasteiger partial charge in [-0.15, -0.1) is 0 Å². The number of aromatic nitrogens is 4. The molecule has 0 radical (unpaired) electrons. The molecule has 4 heterocycles. The number of piperidine rings is 1. The van der Waals surface area contributed by atoms with Crippen LogP contribution in [0.4, 0.5) is 14.6 Å². The van der Waals surface area contributed by atoms with E-state index in [2.05, 4.69) is 25.7 Å². The van der Waals surface area contributed by atoms with Crippen molar-refractivity contribution in [3.8, 4) is 23.2 Å². The van der Waals surface area contributed by atoms with Crippen LogP contribution in [0.25, 0.3) is 17.0 Å². The first-order chi connectivity index (χ1) is 15.2. The highest BCUT2D eigenvalue weighted by atomic mass is 19.1. The number of nitrogens with one attached hydrogen (secondary N) is 2. The molecule has 3 N–H and O–H groups in total. The van der Waals surface area contributed by atoms with Crippen LogP contribution in [0.1, 0.15) is 31.5 Å². The van der Waals surface area contributed by atoms with Gasteiger partial charge in [0.2, 0.25) is 0 Å². The van der Waals surface area contributed by atoms with Gasteiger partial charge in [-0.25, -0.2) is 23.3 Å². The minimum atomic E-state index is -1.34. The average Bonchev–Trinajstić information content (AvgIpc) is 3.17. The summed E-state index contributed by atoms with van der Waals surface area (Å²) in [5, 5.41) is 30.3. The summed E-state index contributed by atoms with van der Waals surface area (Å²) in [5.41, 5.74) is -0.703. The van der Waals surface area contributed by atoms with Crippen molar-refractivity contribution in [2.24, 2.45) is 0 Å². The molecule has 3 aromatic heterocycles. The molecule has 3 aromatic rings. The van der Waals surface area contributed by atoms with E-state index in [9.17, 15) is 19.1 Å². The van der Waals surface area contributed by atoms with E-state index in [-0.39, 0.29) is 28.5 Å². The number of nitriles is 1. The van der Waals surface area contributed by atoms with Crippen LogP contribution in [0, 0.1) is 17.1 Å². The Labute approximate surface area is 183 Å². The lowest BCUT2D eigenvalue weighted by atomic mass is 10.0. The zero-order valence-corrected chi connectivity index (χ0v) is 17.9. The molecule has 2 atom stereocenters. The summed E-state index contributed by atoms with van der Waals surface area (Å²) in [7, 11) is 1.45. The van der Waals surface area contributed by atoms with Gasteiger partial charge >= 0.3 is 0 Å². The Bertz CT molecular complexity index is 1200. The highest BCUT2D eigenvalue weighted by Crippen LogP contribution is 2.31. The normalized spacial score (nSPS) is 19.0. The predicted molar refractivity (Wildman–Crippen MR) is 112 cm³/mol. The number of hydrogen-bond acceptors (Lipinski definition) is 8. The van der Waals surface area contributed by atoms with E-state index in [1.54, 1.807) is 19.9 Å². The van der Waals surface area contributed by atoms with Crippen molar-refractivity contribution in [3.05, 3.63) is 35.4 Å².